The van der Waals surface area contributed by atoms with Crippen LogP contribution in [0.1, 0.15) is 59.3 Å². The maximum absolute atomic E-state index is 12.1. The summed E-state index contributed by atoms with van der Waals surface area (Å²) in [5, 5.41) is 8.76. The van der Waals surface area contributed by atoms with E-state index >= 15 is 0 Å². The van der Waals surface area contributed by atoms with Gasteiger partial charge in [0.2, 0.25) is 12.1 Å². The molecule has 0 amide bonds. The first-order valence-corrected chi connectivity index (χ1v) is 9.86. The number of hydrogen-bond acceptors (Lipinski definition) is 7. The first-order chi connectivity index (χ1) is 12.7. The highest BCUT2D eigenvalue weighted by atomic mass is 17.3. The molecule has 2 bridgehead atoms. The van der Waals surface area contributed by atoms with Gasteiger partial charge < -0.3 is 19.3 Å². The summed E-state index contributed by atoms with van der Waals surface area (Å²) in [6.07, 6.45) is 1.72. The lowest BCUT2D eigenvalue weighted by atomic mass is 9.58. The van der Waals surface area contributed by atoms with E-state index in [1.54, 1.807) is 0 Å². The minimum atomic E-state index is -1.03. The molecule has 1 spiro atoms. The molecule has 1 N–H and O–H groups in total. The van der Waals surface area contributed by atoms with Gasteiger partial charge in [-0.1, -0.05) is 13.8 Å². The Morgan fingerprint density at radius 1 is 1.11 bits per heavy atom. The van der Waals surface area contributed by atoms with Crippen molar-refractivity contribution in [3.63, 3.8) is 0 Å². The molecule has 5 fully saturated rings. The lowest BCUT2D eigenvalue weighted by Gasteiger charge is -2.59. The Bertz CT molecular complexity index is 623. The lowest BCUT2D eigenvalue weighted by Crippen LogP contribution is -2.70. The van der Waals surface area contributed by atoms with Gasteiger partial charge in [-0.2, -0.15) is 0 Å². The van der Waals surface area contributed by atoms with Gasteiger partial charge in [-0.25, -0.2) is 9.78 Å². The van der Waals surface area contributed by atoms with Gasteiger partial charge in [0.25, 0.3) is 0 Å². The average Bonchev–Trinajstić information content (AvgIpc) is 2.84. The topological polar surface area (TPSA) is 101 Å². The van der Waals surface area contributed by atoms with Crippen LogP contribution in [0.4, 0.5) is 0 Å². The number of carbonyl (C=O) groups excluding carboxylic acids is 1. The first-order valence-electron chi connectivity index (χ1n) is 9.86. The molecule has 5 rings (SSSR count). The van der Waals surface area contributed by atoms with E-state index in [0.29, 0.717) is 12.3 Å². The summed E-state index contributed by atoms with van der Waals surface area (Å²) in [4.78, 5) is 34.5. The monoisotopic (exact) mass is 384 g/mol. The molecule has 1 saturated carbocycles. The Hall–Kier alpha value is -1.22. The van der Waals surface area contributed by atoms with Crippen LogP contribution in [0, 0.1) is 23.7 Å². The van der Waals surface area contributed by atoms with E-state index in [-0.39, 0.29) is 30.6 Å². The van der Waals surface area contributed by atoms with Gasteiger partial charge in [0.05, 0.1) is 12.8 Å². The molecule has 0 aromatic heterocycles. The van der Waals surface area contributed by atoms with Crippen LogP contribution in [0.25, 0.3) is 0 Å². The van der Waals surface area contributed by atoms with Crippen LogP contribution in [-0.2, 0) is 33.6 Å². The second kappa shape index (κ2) is 6.69. The number of carboxylic acid groups (broad SMARTS) is 1. The van der Waals surface area contributed by atoms with Gasteiger partial charge in [-0.3, -0.25) is 9.59 Å². The highest BCUT2D eigenvalue weighted by Crippen LogP contribution is 2.60. The molecule has 8 heteroatoms. The Morgan fingerprint density at radius 2 is 1.89 bits per heavy atom. The SMILES string of the molecule is C[C@H]1[C@@H](OC(=O)CCC(=O)O)O[C@@H]2O[C@]3(C)CCC4[C@H](C)CC[C@@H]1[C@]42OO3. The molecule has 8 nitrogen and oxygen atoms in total. The summed E-state index contributed by atoms with van der Waals surface area (Å²) >= 11 is 0. The van der Waals surface area contributed by atoms with Crippen LogP contribution in [0.15, 0.2) is 0 Å². The van der Waals surface area contributed by atoms with E-state index < -0.39 is 35.9 Å². The number of aliphatic carboxylic acids is 1. The van der Waals surface area contributed by atoms with Crippen LogP contribution in [0.3, 0.4) is 0 Å². The number of rotatable bonds is 4. The number of esters is 1. The molecule has 0 aromatic carbocycles. The average molecular weight is 384 g/mol. The van der Waals surface area contributed by atoms with Crippen molar-refractivity contribution in [2.24, 2.45) is 23.7 Å². The summed E-state index contributed by atoms with van der Waals surface area (Å²) < 4.78 is 17.8. The Balaban J connectivity index is 1.58. The summed E-state index contributed by atoms with van der Waals surface area (Å²) in [5.74, 6) is -1.82. The second-order valence-corrected chi connectivity index (χ2v) is 8.66. The van der Waals surface area contributed by atoms with E-state index in [2.05, 4.69) is 6.92 Å². The third kappa shape index (κ3) is 3.06. The first kappa shape index (κ1) is 19.1. The van der Waals surface area contributed by atoms with E-state index in [4.69, 9.17) is 29.1 Å². The van der Waals surface area contributed by atoms with Gasteiger partial charge in [0, 0.05) is 18.3 Å². The van der Waals surface area contributed by atoms with Crippen LogP contribution >= 0.6 is 0 Å². The number of carboxylic acids is 1. The van der Waals surface area contributed by atoms with Crippen LogP contribution in [0.2, 0.25) is 0 Å². The van der Waals surface area contributed by atoms with Crippen molar-refractivity contribution >= 4 is 11.9 Å². The normalized spacial score (nSPS) is 48.4. The predicted octanol–water partition coefficient (Wildman–Crippen LogP) is 2.60. The molecule has 4 heterocycles. The van der Waals surface area contributed by atoms with Gasteiger partial charge in [0.15, 0.2) is 11.9 Å². The summed E-state index contributed by atoms with van der Waals surface area (Å²) in [5.41, 5.74) is -0.697. The number of carbonyl (C=O) groups is 2. The fraction of sp³-hybridized carbons (Fsp3) is 0.895. The van der Waals surface area contributed by atoms with Crippen molar-refractivity contribution in [2.75, 3.05) is 0 Å². The standard InChI is InChI=1S/C19H28O8/c1-10-4-5-13-11(2)16(23-15(22)7-6-14(20)21)24-17-19(13)12(10)8-9-18(3,25-17)26-27-19/h10-13,16-17H,4-9H2,1-3H3,(H,20,21)/t10-,11-,12?,13+,16+,17-,18+,19-/m1/s1. The van der Waals surface area contributed by atoms with Crippen molar-refractivity contribution in [2.45, 2.75) is 83.3 Å². The van der Waals surface area contributed by atoms with Gasteiger partial charge in [-0.15, -0.1) is 0 Å². The van der Waals surface area contributed by atoms with Gasteiger partial charge in [-0.05, 0) is 38.0 Å². The zero-order valence-electron chi connectivity index (χ0n) is 16.0. The van der Waals surface area contributed by atoms with Crippen molar-refractivity contribution in [1.82, 2.24) is 0 Å². The fourth-order valence-electron chi connectivity index (χ4n) is 5.40. The van der Waals surface area contributed by atoms with Gasteiger partial charge >= 0.3 is 11.9 Å². The Morgan fingerprint density at radius 3 is 2.63 bits per heavy atom. The molecule has 5 aliphatic rings. The van der Waals surface area contributed by atoms with Crippen molar-refractivity contribution in [3.8, 4) is 0 Å². The Labute approximate surface area is 158 Å². The zero-order valence-corrected chi connectivity index (χ0v) is 16.0. The minimum Gasteiger partial charge on any atom is -0.481 e. The third-order valence-electron chi connectivity index (χ3n) is 6.89. The second-order valence-electron chi connectivity index (χ2n) is 8.66. The van der Waals surface area contributed by atoms with Gasteiger partial charge in [0.1, 0.15) is 0 Å². The quantitative estimate of drug-likeness (QED) is 0.583. The maximum atomic E-state index is 12.1. The van der Waals surface area contributed by atoms with Crippen LogP contribution in [0.5, 0.6) is 0 Å². The number of hydrogen-bond donors (Lipinski definition) is 1. The summed E-state index contributed by atoms with van der Waals surface area (Å²) in [6.45, 7) is 6.06. The molecule has 4 saturated heterocycles. The van der Waals surface area contributed by atoms with Crippen molar-refractivity contribution < 1.29 is 38.7 Å². The fourth-order valence-corrected chi connectivity index (χ4v) is 5.40. The molecule has 4 aliphatic heterocycles. The third-order valence-corrected chi connectivity index (χ3v) is 6.89. The number of ether oxygens (including phenoxy) is 3. The summed E-state index contributed by atoms with van der Waals surface area (Å²) in [7, 11) is 0. The van der Waals surface area contributed by atoms with E-state index in [1.807, 2.05) is 13.8 Å². The van der Waals surface area contributed by atoms with Crippen LogP contribution < -0.4 is 0 Å². The molecule has 152 valence electrons. The van der Waals surface area contributed by atoms with E-state index in [9.17, 15) is 9.59 Å². The highest BCUT2D eigenvalue weighted by Gasteiger charge is 2.69. The lowest BCUT2D eigenvalue weighted by molar-refractivity contribution is -0.576. The van der Waals surface area contributed by atoms with E-state index in [1.165, 1.54) is 0 Å². The molecule has 0 aromatic rings. The molecule has 27 heavy (non-hydrogen) atoms. The van der Waals surface area contributed by atoms with Crippen molar-refractivity contribution in [3.05, 3.63) is 0 Å². The minimum absolute atomic E-state index is 0.0670. The molecular weight excluding hydrogens is 356 g/mol. The molecular formula is C19H28O8. The summed E-state index contributed by atoms with van der Waals surface area (Å²) in [6, 6.07) is 0. The Kier molecular flexibility index (Phi) is 4.73. The smallest absolute Gasteiger partial charge is 0.308 e. The molecule has 1 aliphatic carbocycles. The largest absolute Gasteiger partial charge is 0.481 e. The number of fused-ring (bicyclic) bond motifs is 2. The molecule has 1 unspecified atom stereocenters. The highest BCUT2D eigenvalue weighted by molar-refractivity contribution is 5.76. The van der Waals surface area contributed by atoms with Crippen molar-refractivity contribution in [1.29, 1.82) is 0 Å². The zero-order chi connectivity index (χ0) is 19.4. The predicted molar refractivity (Wildman–Crippen MR) is 89.8 cm³/mol. The molecule has 0 radical (unpaired) electrons. The van der Waals surface area contributed by atoms with Crippen LogP contribution in [-0.4, -0.2) is 41.0 Å². The maximum Gasteiger partial charge on any atom is 0.308 e. The molecule has 8 atom stereocenters. The van der Waals surface area contributed by atoms with E-state index in [0.717, 1.165) is 19.3 Å².